The van der Waals surface area contributed by atoms with Crippen molar-refractivity contribution >= 4 is 17.3 Å². The number of methoxy groups -OCH3 is 1. The average molecular weight is 386 g/mol. The highest BCUT2D eigenvalue weighted by molar-refractivity contribution is 5.67. The number of nitrogens with zero attached hydrogens (tertiary/aromatic N) is 1. The van der Waals surface area contributed by atoms with Gasteiger partial charge in [-0.25, -0.2) is 4.39 Å². The van der Waals surface area contributed by atoms with E-state index in [2.05, 4.69) is 28.4 Å². The lowest BCUT2D eigenvalue weighted by atomic mass is 9.99. The summed E-state index contributed by atoms with van der Waals surface area (Å²) >= 11 is 0. The number of benzene rings is 2. The smallest absolute Gasteiger partial charge is 0.303 e. The van der Waals surface area contributed by atoms with Crippen molar-refractivity contribution < 1.29 is 19.0 Å². The number of hydrogen-bond acceptors (Lipinski definition) is 4. The number of aryl methyl sites for hydroxylation is 2. The molecule has 1 aliphatic rings. The van der Waals surface area contributed by atoms with Crippen molar-refractivity contribution in [3.8, 4) is 0 Å². The van der Waals surface area contributed by atoms with E-state index < -0.39 is 5.97 Å². The van der Waals surface area contributed by atoms with Crippen LogP contribution < -0.4 is 10.2 Å². The van der Waals surface area contributed by atoms with Gasteiger partial charge >= 0.3 is 5.97 Å². The monoisotopic (exact) mass is 386 g/mol. The molecule has 5 nitrogen and oxygen atoms in total. The molecule has 150 valence electrons. The Morgan fingerprint density at radius 3 is 2.89 bits per heavy atom. The van der Waals surface area contributed by atoms with Crippen LogP contribution in [0, 0.1) is 5.82 Å². The van der Waals surface area contributed by atoms with Gasteiger partial charge in [-0.15, -0.1) is 0 Å². The Hall–Kier alpha value is -2.60. The molecule has 2 aromatic carbocycles. The van der Waals surface area contributed by atoms with Gasteiger partial charge in [-0.3, -0.25) is 4.79 Å². The summed E-state index contributed by atoms with van der Waals surface area (Å²) in [5, 5.41) is 12.0. The lowest BCUT2D eigenvalue weighted by Gasteiger charge is -2.31. The molecule has 0 bridgehead atoms. The molecular formula is C22H27FN2O3. The SMILES string of the molecule is COCCN1CCCc2ccc(CNc3ccc(CCC(=O)O)c(F)c3)cc21. The molecule has 0 aromatic heterocycles. The number of ether oxygens (including phenoxy) is 1. The molecule has 2 aromatic rings. The maximum atomic E-state index is 14.2. The van der Waals surface area contributed by atoms with Crippen molar-refractivity contribution in [2.45, 2.75) is 32.2 Å². The number of nitrogens with one attached hydrogen (secondary N) is 1. The van der Waals surface area contributed by atoms with Crippen molar-refractivity contribution in [3.05, 3.63) is 58.9 Å². The normalized spacial score (nSPS) is 13.3. The zero-order valence-electron chi connectivity index (χ0n) is 16.2. The van der Waals surface area contributed by atoms with Gasteiger partial charge in [0.05, 0.1) is 6.61 Å². The van der Waals surface area contributed by atoms with E-state index in [-0.39, 0.29) is 18.7 Å². The summed E-state index contributed by atoms with van der Waals surface area (Å²) in [6, 6.07) is 11.4. The van der Waals surface area contributed by atoms with Gasteiger partial charge in [-0.2, -0.15) is 0 Å². The van der Waals surface area contributed by atoms with Gasteiger partial charge in [0.15, 0.2) is 0 Å². The van der Waals surface area contributed by atoms with Crippen LogP contribution in [0.3, 0.4) is 0 Å². The molecule has 1 heterocycles. The van der Waals surface area contributed by atoms with Crippen molar-refractivity contribution in [2.75, 3.05) is 37.0 Å². The first-order valence-corrected chi connectivity index (χ1v) is 9.66. The van der Waals surface area contributed by atoms with Gasteiger partial charge in [-0.1, -0.05) is 18.2 Å². The van der Waals surface area contributed by atoms with E-state index in [9.17, 15) is 9.18 Å². The Labute approximate surface area is 165 Å². The molecule has 6 heteroatoms. The van der Waals surface area contributed by atoms with E-state index in [1.807, 2.05) is 0 Å². The molecule has 3 rings (SSSR count). The van der Waals surface area contributed by atoms with Crippen molar-refractivity contribution in [2.24, 2.45) is 0 Å². The van der Waals surface area contributed by atoms with Gasteiger partial charge in [0.25, 0.3) is 0 Å². The predicted octanol–water partition coefficient (Wildman–Crippen LogP) is 3.85. The summed E-state index contributed by atoms with van der Waals surface area (Å²) in [6.07, 6.45) is 2.37. The van der Waals surface area contributed by atoms with Gasteiger partial charge in [0.1, 0.15) is 5.82 Å². The van der Waals surface area contributed by atoms with Crippen LogP contribution in [0.4, 0.5) is 15.8 Å². The third kappa shape index (κ3) is 5.23. The van der Waals surface area contributed by atoms with Crippen LogP contribution in [0.15, 0.2) is 36.4 Å². The van der Waals surface area contributed by atoms with E-state index in [1.165, 1.54) is 17.3 Å². The lowest BCUT2D eigenvalue weighted by molar-refractivity contribution is -0.136. The Morgan fingerprint density at radius 1 is 1.29 bits per heavy atom. The molecule has 0 radical (unpaired) electrons. The molecule has 0 saturated carbocycles. The van der Waals surface area contributed by atoms with Crippen LogP contribution in [0.5, 0.6) is 0 Å². The van der Waals surface area contributed by atoms with Crippen molar-refractivity contribution in [3.63, 3.8) is 0 Å². The maximum absolute atomic E-state index is 14.2. The number of carbonyl (C=O) groups is 1. The highest BCUT2D eigenvalue weighted by Crippen LogP contribution is 2.28. The van der Waals surface area contributed by atoms with Gasteiger partial charge in [0.2, 0.25) is 0 Å². The molecule has 0 saturated heterocycles. The summed E-state index contributed by atoms with van der Waals surface area (Å²) in [4.78, 5) is 13.0. The summed E-state index contributed by atoms with van der Waals surface area (Å²) in [5.41, 5.74) is 4.87. The fourth-order valence-electron chi connectivity index (χ4n) is 3.55. The van der Waals surface area contributed by atoms with E-state index in [0.29, 0.717) is 24.4 Å². The number of carboxylic acid groups (broad SMARTS) is 1. The molecule has 0 spiro atoms. The molecule has 0 amide bonds. The molecular weight excluding hydrogens is 359 g/mol. The second-order valence-electron chi connectivity index (χ2n) is 7.10. The van der Waals surface area contributed by atoms with Crippen molar-refractivity contribution in [1.29, 1.82) is 0 Å². The lowest BCUT2D eigenvalue weighted by Crippen LogP contribution is -2.32. The maximum Gasteiger partial charge on any atom is 0.303 e. The van der Waals surface area contributed by atoms with Crippen LogP contribution in [0.1, 0.15) is 29.5 Å². The van der Waals surface area contributed by atoms with E-state index >= 15 is 0 Å². The van der Waals surface area contributed by atoms with Crippen LogP contribution in [-0.4, -0.2) is 37.9 Å². The van der Waals surface area contributed by atoms with Crippen LogP contribution in [0.2, 0.25) is 0 Å². The Morgan fingerprint density at radius 2 is 2.14 bits per heavy atom. The zero-order valence-corrected chi connectivity index (χ0v) is 16.2. The number of carboxylic acids is 1. The number of fused-ring (bicyclic) bond motifs is 1. The Kier molecular flexibility index (Phi) is 6.87. The standard InChI is InChI=1S/C22H27FN2O3/c1-28-12-11-25-10-2-3-18-5-4-16(13-21(18)25)15-24-19-8-6-17(20(23)14-19)7-9-22(26)27/h4-6,8,13-14,24H,2-3,7,9-12,15H2,1H3,(H,26,27). The zero-order chi connectivity index (χ0) is 19.9. The third-order valence-electron chi connectivity index (χ3n) is 5.09. The second-order valence-corrected chi connectivity index (χ2v) is 7.10. The van der Waals surface area contributed by atoms with Gasteiger partial charge in [0, 0.05) is 44.5 Å². The Bertz CT molecular complexity index is 825. The molecule has 0 atom stereocenters. The fourth-order valence-corrected chi connectivity index (χ4v) is 3.55. The minimum Gasteiger partial charge on any atom is -0.481 e. The van der Waals surface area contributed by atoms with E-state index in [0.717, 1.165) is 31.5 Å². The molecule has 0 unspecified atom stereocenters. The summed E-state index contributed by atoms with van der Waals surface area (Å²) in [6.45, 7) is 3.22. The minimum atomic E-state index is -0.923. The van der Waals surface area contributed by atoms with E-state index in [4.69, 9.17) is 9.84 Å². The summed E-state index contributed by atoms with van der Waals surface area (Å²) in [5.74, 6) is -1.30. The number of hydrogen-bond donors (Lipinski definition) is 2. The average Bonchev–Trinajstić information content (AvgIpc) is 2.69. The largest absolute Gasteiger partial charge is 0.481 e. The number of anilines is 2. The predicted molar refractivity (Wildman–Crippen MR) is 109 cm³/mol. The number of aliphatic carboxylic acids is 1. The first-order chi connectivity index (χ1) is 13.6. The second kappa shape index (κ2) is 9.55. The topological polar surface area (TPSA) is 61.8 Å². The number of halogens is 1. The van der Waals surface area contributed by atoms with Crippen LogP contribution >= 0.6 is 0 Å². The highest BCUT2D eigenvalue weighted by Gasteiger charge is 2.17. The quantitative estimate of drug-likeness (QED) is 0.685. The fraction of sp³-hybridized carbons (Fsp3) is 0.409. The number of rotatable bonds is 9. The van der Waals surface area contributed by atoms with E-state index in [1.54, 1.807) is 19.2 Å². The first-order valence-electron chi connectivity index (χ1n) is 9.66. The van der Waals surface area contributed by atoms with Crippen LogP contribution in [0.25, 0.3) is 0 Å². The van der Waals surface area contributed by atoms with Crippen molar-refractivity contribution in [1.82, 2.24) is 0 Å². The van der Waals surface area contributed by atoms with Gasteiger partial charge in [-0.05, 0) is 54.2 Å². The molecule has 28 heavy (non-hydrogen) atoms. The molecule has 0 aliphatic carbocycles. The molecule has 2 N–H and O–H groups in total. The summed E-state index contributed by atoms with van der Waals surface area (Å²) < 4.78 is 19.4. The Balaban J connectivity index is 1.64. The van der Waals surface area contributed by atoms with Gasteiger partial charge < -0.3 is 20.1 Å². The molecule has 0 fully saturated rings. The summed E-state index contributed by atoms with van der Waals surface area (Å²) in [7, 11) is 1.72. The third-order valence-corrected chi connectivity index (χ3v) is 5.09. The van der Waals surface area contributed by atoms with Crippen LogP contribution in [-0.2, 0) is 28.9 Å². The first kappa shape index (κ1) is 20.1. The highest BCUT2D eigenvalue weighted by atomic mass is 19.1. The minimum absolute atomic E-state index is 0.0710. The molecule has 1 aliphatic heterocycles.